The molecule has 13 heteroatoms. The van der Waals surface area contributed by atoms with Gasteiger partial charge in [0.25, 0.3) is 6.43 Å². The molecule has 3 atom stereocenters. The fourth-order valence-corrected chi connectivity index (χ4v) is 7.02. The first kappa shape index (κ1) is 28.8. The van der Waals surface area contributed by atoms with Crippen LogP contribution in [-0.2, 0) is 32.2 Å². The second kappa shape index (κ2) is 9.66. The smallest absolute Gasteiger partial charge is 0.410 e. The minimum atomic E-state index is -3.40. The van der Waals surface area contributed by atoms with Crippen molar-refractivity contribution in [3.8, 4) is 0 Å². The third-order valence-electron chi connectivity index (χ3n) is 7.18. The molecular formula is C26H26Cl2F4N2O4S. The Kier molecular flexibility index (Phi) is 7.13. The highest BCUT2D eigenvalue weighted by Gasteiger charge is 2.58. The molecule has 2 aromatic rings. The van der Waals surface area contributed by atoms with Crippen molar-refractivity contribution in [2.75, 3.05) is 13.1 Å². The molecule has 3 aliphatic rings. The molecule has 39 heavy (non-hydrogen) atoms. The van der Waals surface area contributed by atoms with Crippen LogP contribution in [0.2, 0.25) is 10.0 Å². The van der Waals surface area contributed by atoms with Crippen molar-refractivity contribution >= 4 is 41.2 Å². The molecule has 0 saturated carbocycles. The molecule has 3 aliphatic heterocycles. The number of benzene rings is 2. The van der Waals surface area contributed by atoms with Gasteiger partial charge in [0.05, 0.1) is 34.5 Å². The van der Waals surface area contributed by atoms with Crippen LogP contribution >= 0.6 is 35.1 Å². The van der Waals surface area contributed by atoms with Gasteiger partial charge in [-0.25, -0.2) is 27.1 Å². The molecule has 2 aromatic carbocycles. The SMILES string of the molecule is CC(C)(C)OC(=O)N1CC2(C1)OCc1cc(C3(O)C[C@](c4cc(Cl)c(F)c(Cl)c4)(C(F)C(F)F)SN3)ccc12. The lowest BCUT2D eigenvalue weighted by Crippen LogP contribution is -2.61. The largest absolute Gasteiger partial charge is 0.444 e. The highest BCUT2D eigenvalue weighted by Crippen LogP contribution is 2.56. The summed E-state index contributed by atoms with van der Waals surface area (Å²) in [5, 5.41) is 10.6. The van der Waals surface area contributed by atoms with E-state index in [0.29, 0.717) is 30.6 Å². The molecule has 6 nitrogen and oxygen atoms in total. The van der Waals surface area contributed by atoms with Crippen molar-refractivity contribution in [3.63, 3.8) is 0 Å². The lowest BCUT2D eigenvalue weighted by molar-refractivity contribution is -0.137. The number of aliphatic hydroxyl groups is 1. The monoisotopic (exact) mass is 608 g/mol. The van der Waals surface area contributed by atoms with Crippen LogP contribution in [0.5, 0.6) is 0 Å². The average molecular weight is 609 g/mol. The van der Waals surface area contributed by atoms with E-state index in [2.05, 4.69) is 4.72 Å². The Morgan fingerprint density at radius 2 is 1.79 bits per heavy atom. The van der Waals surface area contributed by atoms with Crippen molar-refractivity contribution in [3.05, 3.63) is 68.4 Å². The minimum absolute atomic E-state index is 0.0831. The summed E-state index contributed by atoms with van der Waals surface area (Å²) in [5.41, 5.74) is -1.47. The molecule has 5 rings (SSSR count). The first-order valence-electron chi connectivity index (χ1n) is 12.1. The lowest BCUT2D eigenvalue weighted by atomic mass is 9.81. The van der Waals surface area contributed by atoms with Crippen molar-refractivity contribution in [2.24, 2.45) is 0 Å². The van der Waals surface area contributed by atoms with E-state index in [1.54, 1.807) is 39.0 Å². The van der Waals surface area contributed by atoms with Crippen LogP contribution in [0.4, 0.5) is 22.4 Å². The summed E-state index contributed by atoms with van der Waals surface area (Å²) < 4.78 is 68.9. The highest BCUT2D eigenvalue weighted by atomic mass is 35.5. The van der Waals surface area contributed by atoms with Gasteiger partial charge in [-0.1, -0.05) is 47.3 Å². The number of fused-ring (bicyclic) bond motifs is 2. The Balaban J connectivity index is 1.41. The highest BCUT2D eigenvalue weighted by molar-refractivity contribution is 7.98. The quantitative estimate of drug-likeness (QED) is 0.238. The molecule has 0 aromatic heterocycles. The van der Waals surface area contributed by atoms with Gasteiger partial charge in [0.15, 0.2) is 17.7 Å². The van der Waals surface area contributed by atoms with Crippen molar-refractivity contribution in [1.82, 2.24) is 9.62 Å². The topological polar surface area (TPSA) is 71.0 Å². The van der Waals surface area contributed by atoms with E-state index in [1.165, 1.54) is 4.90 Å². The van der Waals surface area contributed by atoms with Gasteiger partial charge in [-0.3, -0.25) is 0 Å². The maximum atomic E-state index is 15.2. The van der Waals surface area contributed by atoms with E-state index in [-0.39, 0.29) is 12.2 Å². The number of halogens is 6. The predicted octanol–water partition coefficient (Wildman–Crippen LogP) is 6.39. The molecule has 1 amide bonds. The minimum Gasteiger partial charge on any atom is -0.444 e. The van der Waals surface area contributed by atoms with E-state index in [4.69, 9.17) is 32.7 Å². The molecule has 2 saturated heterocycles. The van der Waals surface area contributed by atoms with E-state index in [0.717, 1.165) is 23.3 Å². The molecule has 0 bridgehead atoms. The summed E-state index contributed by atoms with van der Waals surface area (Å²) in [4.78, 5) is 13.9. The third-order valence-corrected chi connectivity index (χ3v) is 9.14. The van der Waals surface area contributed by atoms with Crippen LogP contribution in [0.1, 0.15) is 49.4 Å². The zero-order valence-electron chi connectivity index (χ0n) is 21.2. The standard InChI is InChI=1S/C26H26Cl2F4N2O4S/c1-23(2,3)38-22(35)34-11-24(12-34)16-5-4-14(6-13(16)9-37-24)26(36)10-25(39-33-26,20(30)21(31)32)15-7-17(27)19(29)18(28)8-15/h4-8,20-21,33,36H,9-12H2,1-3H3/t20?,25-,26?/m0/s1. The van der Waals surface area contributed by atoms with Gasteiger partial charge in [-0.15, -0.1) is 0 Å². The summed E-state index contributed by atoms with van der Waals surface area (Å²) in [7, 11) is 0. The fourth-order valence-electron chi connectivity index (χ4n) is 5.26. The summed E-state index contributed by atoms with van der Waals surface area (Å²) in [6.07, 6.45) is -7.10. The number of ether oxygens (including phenoxy) is 2. The summed E-state index contributed by atoms with van der Waals surface area (Å²) in [6, 6.07) is 7.12. The molecule has 0 aliphatic carbocycles. The number of carbonyl (C=O) groups is 1. The van der Waals surface area contributed by atoms with Gasteiger partial charge in [0, 0.05) is 6.42 Å². The zero-order valence-corrected chi connectivity index (χ0v) is 23.5. The predicted molar refractivity (Wildman–Crippen MR) is 139 cm³/mol. The van der Waals surface area contributed by atoms with Gasteiger partial charge in [0.1, 0.15) is 11.2 Å². The number of rotatable bonds is 4. The molecule has 0 radical (unpaired) electrons. The Bertz CT molecular complexity index is 1300. The molecule has 3 heterocycles. The van der Waals surface area contributed by atoms with E-state index < -0.39 is 62.6 Å². The molecule has 1 spiro atoms. The van der Waals surface area contributed by atoms with Gasteiger partial charge in [0.2, 0.25) is 0 Å². The number of nitrogens with one attached hydrogen (secondary N) is 1. The summed E-state index contributed by atoms with van der Waals surface area (Å²) >= 11 is 12.4. The van der Waals surface area contributed by atoms with E-state index in [9.17, 15) is 23.1 Å². The lowest BCUT2D eigenvalue weighted by Gasteiger charge is -2.47. The molecule has 2 fully saturated rings. The number of carbonyl (C=O) groups excluding carboxylic acids is 1. The second-order valence-electron chi connectivity index (χ2n) is 11.1. The number of hydrogen-bond donors (Lipinski definition) is 2. The average Bonchev–Trinajstić information content (AvgIpc) is 3.39. The molecule has 2 N–H and O–H groups in total. The summed E-state index contributed by atoms with van der Waals surface area (Å²) in [6.45, 7) is 6.13. The van der Waals surface area contributed by atoms with Crippen LogP contribution in [0.25, 0.3) is 0 Å². The Morgan fingerprint density at radius 1 is 1.15 bits per heavy atom. The second-order valence-corrected chi connectivity index (χ2v) is 13.1. The van der Waals surface area contributed by atoms with Crippen LogP contribution < -0.4 is 4.72 Å². The molecular weight excluding hydrogens is 583 g/mol. The molecule has 212 valence electrons. The van der Waals surface area contributed by atoms with Crippen LogP contribution in [0.15, 0.2) is 30.3 Å². The Hall–Kier alpha value is -1.76. The number of nitrogens with zero attached hydrogens (tertiary/aromatic N) is 1. The van der Waals surface area contributed by atoms with Gasteiger partial charge < -0.3 is 19.5 Å². The summed E-state index contributed by atoms with van der Waals surface area (Å²) in [5.74, 6) is -0.954. The zero-order chi connectivity index (χ0) is 28.5. The third kappa shape index (κ3) is 4.89. The first-order chi connectivity index (χ1) is 18.1. The normalized spacial score (nSPS) is 26.6. The maximum Gasteiger partial charge on any atom is 0.410 e. The van der Waals surface area contributed by atoms with Crippen LogP contribution in [0, 0.1) is 5.82 Å². The number of hydrogen-bond acceptors (Lipinski definition) is 6. The van der Waals surface area contributed by atoms with E-state index in [1.807, 2.05) is 0 Å². The number of amides is 1. The number of likely N-dealkylation sites (tertiary alicyclic amines) is 1. The number of alkyl halides is 3. The van der Waals surface area contributed by atoms with E-state index >= 15 is 4.39 Å². The first-order valence-corrected chi connectivity index (χ1v) is 13.7. The fraction of sp³-hybridized carbons (Fsp3) is 0.500. The Morgan fingerprint density at radius 3 is 2.38 bits per heavy atom. The van der Waals surface area contributed by atoms with Gasteiger partial charge in [-0.2, -0.15) is 0 Å². The van der Waals surface area contributed by atoms with Crippen molar-refractivity contribution < 1.29 is 36.9 Å². The maximum absolute atomic E-state index is 15.2. The van der Waals surface area contributed by atoms with Crippen LogP contribution in [0.3, 0.4) is 0 Å². The van der Waals surface area contributed by atoms with Gasteiger partial charge in [-0.05, 0) is 61.2 Å². The Labute approximate surface area is 237 Å². The van der Waals surface area contributed by atoms with Crippen LogP contribution in [-0.4, -0.2) is 47.4 Å². The van der Waals surface area contributed by atoms with Gasteiger partial charge >= 0.3 is 6.09 Å². The van der Waals surface area contributed by atoms with Crippen molar-refractivity contribution in [2.45, 2.75) is 68.1 Å². The van der Waals surface area contributed by atoms with Crippen molar-refractivity contribution in [1.29, 1.82) is 0 Å². The molecule has 2 unspecified atom stereocenters.